The molecule has 0 aromatic carbocycles. The lowest BCUT2D eigenvalue weighted by atomic mass is 9.95. The van der Waals surface area contributed by atoms with Gasteiger partial charge in [0.2, 0.25) is 0 Å². The van der Waals surface area contributed by atoms with Gasteiger partial charge >= 0.3 is 0 Å². The first-order chi connectivity index (χ1) is 5.88. The largest absolute Gasteiger partial charge is 0.383 e. The van der Waals surface area contributed by atoms with Crippen LogP contribution in [-0.2, 0) is 9.47 Å². The minimum atomic E-state index is 0.232. The van der Waals surface area contributed by atoms with Crippen molar-refractivity contribution >= 4 is 0 Å². The summed E-state index contributed by atoms with van der Waals surface area (Å²) in [7, 11) is 1.69. The summed E-state index contributed by atoms with van der Waals surface area (Å²) in [5, 5.41) is 0. The molecule has 0 aliphatic carbocycles. The number of hydrogen-bond acceptors (Lipinski definition) is 4. The molecule has 72 valence electrons. The summed E-state index contributed by atoms with van der Waals surface area (Å²) in [6.07, 6.45) is 2.31. The van der Waals surface area contributed by atoms with Crippen molar-refractivity contribution in [3.63, 3.8) is 0 Å². The summed E-state index contributed by atoms with van der Waals surface area (Å²) in [4.78, 5) is 0. The van der Waals surface area contributed by atoms with Crippen LogP contribution in [0.4, 0.5) is 0 Å². The number of nitrogens with two attached hydrogens (primary N) is 1. The lowest BCUT2D eigenvalue weighted by Gasteiger charge is -2.29. The van der Waals surface area contributed by atoms with Crippen molar-refractivity contribution in [2.24, 2.45) is 11.8 Å². The first kappa shape index (κ1) is 9.92. The molecular formula is C8H18N2O2. The molecule has 0 spiro atoms. The van der Waals surface area contributed by atoms with Gasteiger partial charge in [0.25, 0.3) is 0 Å². The second-order valence-electron chi connectivity index (χ2n) is 3.21. The molecule has 4 heteroatoms. The molecular weight excluding hydrogens is 156 g/mol. The van der Waals surface area contributed by atoms with Gasteiger partial charge in [0.15, 0.2) is 0 Å². The number of hydrogen-bond donors (Lipinski definition) is 2. The van der Waals surface area contributed by atoms with Crippen LogP contribution in [0.3, 0.4) is 0 Å². The predicted molar refractivity (Wildman–Crippen MR) is 46.5 cm³/mol. The molecule has 1 aliphatic rings. The summed E-state index contributed by atoms with van der Waals surface area (Å²) in [5.74, 6) is 5.91. The molecule has 1 aliphatic heterocycles. The van der Waals surface area contributed by atoms with E-state index in [1.165, 1.54) is 6.42 Å². The maximum atomic E-state index is 5.40. The Balaban J connectivity index is 2.29. The van der Waals surface area contributed by atoms with Crippen LogP contribution in [0.25, 0.3) is 0 Å². The summed E-state index contributed by atoms with van der Waals surface area (Å²) < 4.78 is 10.4. The van der Waals surface area contributed by atoms with Crippen LogP contribution < -0.4 is 11.3 Å². The zero-order chi connectivity index (χ0) is 8.81. The van der Waals surface area contributed by atoms with Crippen LogP contribution in [0.15, 0.2) is 0 Å². The van der Waals surface area contributed by atoms with Crippen molar-refractivity contribution in [3.05, 3.63) is 0 Å². The summed E-state index contributed by atoms with van der Waals surface area (Å²) in [5.41, 5.74) is 2.77. The Morgan fingerprint density at radius 3 is 3.08 bits per heavy atom. The lowest BCUT2D eigenvalue weighted by molar-refractivity contribution is 0.0224. The van der Waals surface area contributed by atoms with Crippen molar-refractivity contribution in [1.82, 2.24) is 5.43 Å². The summed E-state index contributed by atoms with van der Waals surface area (Å²) in [6.45, 7) is 2.35. The van der Waals surface area contributed by atoms with Crippen LogP contribution in [0.1, 0.15) is 12.8 Å². The number of rotatable bonds is 4. The van der Waals surface area contributed by atoms with Crippen molar-refractivity contribution in [2.75, 3.05) is 26.9 Å². The smallest absolute Gasteiger partial charge is 0.0632 e. The Bertz CT molecular complexity index is 113. The fourth-order valence-electron chi connectivity index (χ4n) is 1.58. The van der Waals surface area contributed by atoms with Crippen LogP contribution >= 0.6 is 0 Å². The second-order valence-corrected chi connectivity index (χ2v) is 3.21. The first-order valence-corrected chi connectivity index (χ1v) is 4.41. The van der Waals surface area contributed by atoms with Gasteiger partial charge < -0.3 is 9.47 Å². The average molecular weight is 174 g/mol. The molecule has 1 saturated heterocycles. The fraction of sp³-hybridized carbons (Fsp3) is 1.00. The maximum Gasteiger partial charge on any atom is 0.0632 e. The molecule has 0 saturated carbocycles. The van der Waals surface area contributed by atoms with Gasteiger partial charge in [-0.3, -0.25) is 11.3 Å². The first-order valence-electron chi connectivity index (χ1n) is 4.41. The molecule has 1 fully saturated rings. The predicted octanol–water partition coefficient (Wildman–Crippen LogP) is -0.109. The highest BCUT2D eigenvalue weighted by molar-refractivity contribution is 4.76. The van der Waals surface area contributed by atoms with E-state index in [9.17, 15) is 0 Å². The van der Waals surface area contributed by atoms with Gasteiger partial charge in [-0.2, -0.15) is 0 Å². The number of ether oxygens (including phenoxy) is 2. The zero-order valence-corrected chi connectivity index (χ0v) is 7.58. The Kier molecular flexibility index (Phi) is 4.53. The van der Waals surface area contributed by atoms with Gasteiger partial charge in [0.05, 0.1) is 13.2 Å². The van der Waals surface area contributed by atoms with Crippen LogP contribution in [0.5, 0.6) is 0 Å². The van der Waals surface area contributed by atoms with Crippen LogP contribution in [-0.4, -0.2) is 33.0 Å². The van der Waals surface area contributed by atoms with E-state index in [2.05, 4.69) is 5.43 Å². The minimum absolute atomic E-state index is 0.232. The van der Waals surface area contributed by atoms with Crippen molar-refractivity contribution < 1.29 is 9.47 Å². The molecule has 2 unspecified atom stereocenters. The van der Waals surface area contributed by atoms with Gasteiger partial charge in [-0.25, -0.2) is 0 Å². The highest BCUT2D eigenvalue weighted by atomic mass is 16.5. The highest BCUT2D eigenvalue weighted by Crippen LogP contribution is 2.17. The molecule has 1 heterocycles. The van der Waals surface area contributed by atoms with Crippen LogP contribution in [0.2, 0.25) is 0 Å². The van der Waals surface area contributed by atoms with Gasteiger partial charge in [-0.1, -0.05) is 0 Å². The van der Waals surface area contributed by atoms with Crippen LogP contribution in [0, 0.1) is 5.92 Å². The van der Waals surface area contributed by atoms with Gasteiger partial charge in [-0.15, -0.1) is 0 Å². The molecule has 12 heavy (non-hydrogen) atoms. The Labute approximate surface area is 73.4 Å². The van der Waals surface area contributed by atoms with Crippen molar-refractivity contribution in [1.29, 1.82) is 0 Å². The van der Waals surface area contributed by atoms with E-state index in [-0.39, 0.29) is 6.04 Å². The Hall–Kier alpha value is -0.160. The topological polar surface area (TPSA) is 56.5 Å². The van der Waals surface area contributed by atoms with E-state index < -0.39 is 0 Å². The molecule has 0 bridgehead atoms. The Morgan fingerprint density at radius 1 is 1.75 bits per heavy atom. The molecule has 0 aromatic heterocycles. The van der Waals surface area contributed by atoms with E-state index in [0.29, 0.717) is 12.5 Å². The normalized spacial score (nSPS) is 27.0. The van der Waals surface area contributed by atoms with Gasteiger partial charge in [0, 0.05) is 25.7 Å². The van der Waals surface area contributed by atoms with Gasteiger partial charge in [-0.05, 0) is 12.8 Å². The van der Waals surface area contributed by atoms with E-state index in [4.69, 9.17) is 15.3 Å². The van der Waals surface area contributed by atoms with E-state index in [1.807, 2.05) is 0 Å². The lowest BCUT2D eigenvalue weighted by Crippen LogP contribution is -2.46. The van der Waals surface area contributed by atoms with Gasteiger partial charge in [0.1, 0.15) is 0 Å². The molecule has 1 rings (SSSR count). The van der Waals surface area contributed by atoms with E-state index in [0.717, 1.165) is 19.6 Å². The molecule has 0 aromatic rings. The monoisotopic (exact) mass is 174 g/mol. The summed E-state index contributed by atoms with van der Waals surface area (Å²) >= 11 is 0. The molecule has 0 radical (unpaired) electrons. The number of nitrogens with one attached hydrogen (secondary N) is 1. The highest BCUT2D eigenvalue weighted by Gasteiger charge is 2.22. The van der Waals surface area contributed by atoms with Crippen molar-refractivity contribution in [2.45, 2.75) is 18.9 Å². The summed E-state index contributed by atoms with van der Waals surface area (Å²) in [6, 6.07) is 0.232. The zero-order valence-electron chi connectivity index (χ0n) is 7.58. The standard InChI is InChI=1S/C8H18N2O2/c1-11-6-8(10-9)7-3-2-4-12-5-7/h7-8,10H,2-6,9H2,1H3. The maximum absolute atomic E-state index is 5.40. The number of methoxy groups -OCH3 is 1. The third-order valence-corrected chi connectivity index (χ3v) is 2.32. The fourth-order valence-corrected chi connectivity index (χ4v) is 1.58. The molecule has 2 atom stereocenters. The molecule has 0 amide bonds. The molecule has 4 nitrogen and oxygen atoms in total. The van der Waals surface area contributed by atoms with Crippen molar-refractivity contribution in [3.8, 4) is 0 Å². The minimum Gasteiger partial charge on any atom is -0.383 e. The third kappa shape index (κ3) is 2.71. The SMILES string of the molecule is COCC(NN)C1CCCOC1. The Morgan fingerprint density at radius 2 is 2.58 bits per heavy atom. The van der Waals surface area contributed by atoms with E-state index >= 15 is 0 Å². The van der Waals surface area contributed by atoms with E-state index in [1.54, 1.807) is 7.11 Å². The second kappa shape index (κ2) is 5.48. The average Bonchev–Trinajstić information content (AvgIpc) is 2.15. The number of hydrazine groups is 1. The molecule has 3 N–H and O–H groups in total. The third-order valence-electron chi connectivity index (χ3n) is 2.32. The quantitative estimate of drug-likeness (QED) is 0.461.